The summed E-state index contributed by atoms with van der Waals surface area (Å²) in [7, 11) is 0. The lowest BCUT2D eigenvalue weighted by Crippen LogP contribution is -2.45. The average Bonchev–Trinajstić information content (AvgIpc) is 3.17. The van der Waals surface area contributed by atoms with Crippen molar-refractivity contribution < 1.29 is 19.0 Å². The molecule has 174 valence electrons. The lowest BCUT2D eigenvalue weighted by molar-refractivity contribution is -0.293. The Morgan fingerprint density at radius 3 is 2.81 bits per heavy atom. The van der Waals surface area contributed by atoms with E-state index >= 15 is 0 Å². The van der Waals surface area contributed by atoms with E-state index in [1.165, 1.54) is 12.8 Å². The number of thiazole rings is 1. The second-order valence-electron chi connectivity index (χ2n) is 8.37. The van der Waals surface area contributed by atoms with Crippen LogP contribution in [0, 0.1) is 0 Å². The van der Waals surface area contributed by atoms with E-state index in [2.05, 4.69) is 42.5 Å². The molecular weight excluding hydrogens is 525 g/mol. The fourth-order valence-corrected chi connectivity index (χ4v) is 5.05. The molecule has 0 spiro atoms. The van der Waals surface area contributed by atoms with Crippen LogP contribution in [0.3, 0.4) is 0 Å². The molecule has 0 saturated carbocycles. The summed E-state index contributed by atoms with van der Waals surface area (Å²) in [6.45, 7) is 10.5. The topological polar surface area (TPSA) is 57.7 Å². The van der Waals surface area contributed by atoms with Crippen molar-refractivity contribution in [2.75, 3.05) is 6.61 Å². The van der Waals surface area contributed by atoms with Gasteiger partial charge in [-0.1, -0.05) is 55.7 Å². The third-order valence-corrected chi connectivity index (χ3v) is 6.75. The van der Waals surface area contributed by atoms with Crippen molar-refractivity contribution in [2.45, 2.75) is 97.1 Å². The molecule has 0 unspecified atom stereocenters. The van der Waals surface area contributed by atoms with Crippen LogP contribution >= 0.6 is 33.9 Å². The Labute approximate surface area is 204 Å². The van der Waals surface area contributed by atoms with Crippen LogP contribution in [0.25, 0.3) is 6.08 Å². The van der Waals surface area contributed by atoms with Gasteiger partial charge in [-0.25, -0.2) is 9.78 Å². The lowest BCUT2D eigenvalue weighted by atomic mass is 9.97. The summed E-state index contributed by atoms with van der Waals surface area (Å²) in [5.74, 6) is -0.728. The number of hydrogen-bond acceptors (Lipinski definition) is 6. The molecule has 7 heteroatoms. The predicted octanol–water partition coefficient (Wildman–Crippen LogP) is 7.02. The number of unbranched alkanes of at least 4 members (excludes halogenated alkanes) is 3. The summed E-state index contributed by atoms with van der Waals surface area (Å²) in [4.78, 5) is 17.2. The zero-order chi connectivity index (χ0) is 22.9. The standard InChI is InChI=1S/C24H36INO4S/c1-6-8-9-10-11-18(23(27)28-7-2)14-19-16-31-22(26-19)17(3)21-15-20(12-13-25)29-24(4,5)30-21/h12-14,16-17,20-21H,6-11,15H2,1-5H3/b13-12+,18-14-/t17-,20-,21-/m0/s1. The second-order valence-corrected chi connectivity index (χ2v) is 9.98. The first-order valence-corrected chi connectivity index (χ1v) is 13.4. The van der Waals surface area contributed by atoms with Crippen molar-refractivity contribution in [3.8, 4) is 0 Å². The number of ether oxygens (including phenoxy) is 3. The van der Waals surface area contributed by atoms with Crippen LogP contribution in [0.4, 0.5) is 0 Å². The Bertz CT molecular complexity index is 759. The fraction of sp³-hybridized carbons (Fsp3) is 0.667. The number of rotatable bonds is 11. The second kappa shape index (κ2) is 13.1. The van der Waals surface area contributed by atoms with Gasteiger partial charge in [-0.3, -0.25) is 0 Å². The molecule has 0 radical (unpaired) electrons. The van der Waals surface area contributed by atoms with E-state index in [1.54, 1.807) is 11.3 Å². The van der Waals surface area contributed by atoms with Gasteiger partial charge >= 0.3 is 5.97 Å². The Morgan fingerprint density at radius 1 is 1.35 bits per heavy atom. The Balaban J connectivity index is 2.13. The number of carbonyl (C=O) groups is 1. The molecule has 0 amide bonds. The molecule has 3 atom stereocenters. The van der Waals surface area contributed by atoms with Gasteiger partial charge in [0, 0.05) is 23.3 Å². The van der Waals surface area contributed by atoms with Gasteiger partial charge < -0.3 is 14.2 Å². The maximum absolute atomic E-state index is 12.4. The number of nitrogens with zero attached hydrogens (tertiary/aromatic N) is 1. The molecule has 1 aliphatic heterocycles. The SMILES string of the molecule is CCCCCC/C(=C/c1csc([C@@H](C)[C@@H]2C[C@H](/C=C/I)OC(C)(C)O2)n1)C(=O)OCC. The molecular formula is C24H36INO4S. The minimum absolute atomic E-state index is 0.0166. The van der Waals surface area contributed by atoms with E-state index in [-0.39, 0.29) is 24.1 Å². The first kappa shape index (κ1) is 26.5. The van der Waals surface area contributed by atoms with Crippen LogP contribution in [0.2, 0.25) is 0 Å². The maximum atomic E-state index is 12.4. The normalized spacial score (nSPS) is 22.6. The monoisotopic (exact) mass is 561 g/mol. The number of esters is 1. The lowest BCUT2D eigenvalue weighted by Gasteiger charge is -2.41. The summed E-state index contributed by atoms with van der Waals surface area (Å²) in [5.41, 5.74) is 1.53. The van der Waals surface area contributed by atoms with E-state index < -0.39 is 5.79 Å². The first-order valence-electron chi connectivity index (χ1n) is 11.2. The van der Waals surface area contributed by atoms with Gasteiger partial charge in [0.05, 0.1) is 29.5 Å². The van der Waals surface area contributed by atoms with Crippen LogP contribution in [0.5, 0.6) is 0 Å². The summed E-state index contributed by atoms with van der Waals surface area (Å²) >= 11 is 3.84. The van der Waals surface area contributed by atoms with Crippen LogP contribution in [-0.4, -0.2) is 35.6 Å². The molecule has 31 heavy (non-hydrogen) atoms. The molecule has 0 N–H and O–H groups in total. The molecule has 1 aromatic heterocycles. The molecule has 0 aromatic carbocycles. The van der Waals surface area contributed by atoms with Gasteiger partial charge in [0.15, 0.2) is 5.79 Å². The number of hydrogen-bond donors (Lipinski definition) is 0. The van der Waals surface area contributed by atoms with E-state index in [9.17, 15) is 4.79 Å². The highest BCUT2D eigenvalue weighted by Gasteiger charge is 2.38. The van der Waals surface area contributed by atoms with Crippen molar-refractivity contribution >= 4 is 46.0 Å². The van der Waals surface area contributed by atoms with Crippen LogP contribution in [0.1, 0.15) is 89.8 Å². The van der Waals surface area contributed by atoms with E-state index in [0.717, 1.165) is 36.4 Å². The van der Waals surface area contributed by atoms with E-state index in [0.29, 0.717) is 12.2 Å². The van der Waals surface area contributed by atoms with Crippen LogP contribution in [0.15, 0.2) is 21.1 Å². The van der Waals surface area contributed by atoms with Gasteiger partial charge in [-0.2, -0.15) is 0 Å². The van der Waals surface area contributed by atoms with E-state index in [1.807, 2.05) is 36.3 Å². The third-order valence-electron chi connectivity index (χ3n) is 5.27. The highest BCUT2D eigenvalue weighted by molar-refractivity contribution is 14.1. The summed E-state index contributed by atoms with van der Waals surface area (Å²) in [5, 5.41) is 3.03. The molecule has 1 aliphatic rings. The zero-order valence-corrected chi connectivity index (χ0v) is 22.3. The van der Waals surface area contributed by atoms with Crippen molar-refractivity contribution in [2.24, 2.45) is 0 Å². The highest BCUT2D eigenvalue weighted by Crippen LogP contribution is 2.36. The summed E-state index contributed by atoms with van der Waals surface area (Å²) in [6.07, 6.45) is 10.0. The highest BCUT2D eigenvalue weighted by atomic mass is 127. The van der Waals surface area contributed by atoms with E-state index in [4.69, 9.17) is 19.2 Å². The smallest absolute Gasteiger partial charge is 0.334 e. The molecule has 0 aliphatic carbocycles. The molecule has 0 bridgehead atoms. The van der Waals surface area contributed by atoms with Gasteiger partial charge in [0.25, 0.3) is 0 Å². The predicted molar refractivity (Wildman–Crippen MR) is 135 cm³/mol. The average molecular weight is 562 g/mol. The van der Waals surface area contributed by atoms with Crippen LogP contribution < -0.4 is 0 Å². The van der Waals surface area contributed by atoms with Crippen molar-refractivity contribution in [3.63, 3.8) is 0 Å². The summed E-state index contributed by atoms with van der Waals surface area (Å²) in [6, 6.07) is 0. The molecule has 1 aromatic rings. The molecule has 2 rings (SSSR count). The zero-order valence-electron chi connectivity index (χ0n) is 19.4. The number of aromatic nitrogens is 1. The number of halogens is 1. The minimum Gasteiger partial charge on any atom is -0.463 e. The Kier molecular flexibility index (Phi) is 11.2. The van der Waals surface area contributed by atoms with Crippen molar-refractivity contribution in [1.82, 2.24) is 4.98 Å². The summed E-state index contributed by atoms with van der Waals surface area (Å²) < 4.78 is 19.5. The van der Waals surface area contributed by atoms with Gasteiger partial charge in [-0.15, -0.1) is 11.3 Å². The van der Waals surface area contributed by atoms with Gasteiger partial charge in [-0.05, 0) is 49.8 Å². The van der Waals surface area contributed by atoms with Gasteiger partial charge in [0.1, 0.15) is 0 Å². The molecule has 2 heterocycles. The molecule has 1 fully saturated rings. The molecule has 5 nitrogen and oxygen atoms in total. The first-order chi connectivity index (χ1) is 14.8. The third kappa shape index (κ3) is 8.59. The van der Waals surface area contributed by atoms with Crippen LogP contribution in [-0.2, 0) is 19.0 Å². The Morgan fingerprint density at radius 2 is 2.13 bits per heavy atom. The largest absolute Gasteiger partial charge is 0.463 e. The molecule has 1 saturated heterocycles. The Hall–Kier alpha value is -0.770. The number of carbonyl (C=O) groups excluding carboxylic acids is 1. The van der Waals surface area contributed by atoms with Gasteiger partial charge in [0.2, 0.25) is 0 Å². The maximum Gasteiger partial charge on any atom is 0.334 e. The quantitative estimate of drug-likeness (QED) is 0.126. The fourth-order valence-electron chi connectivity index (χ4n) is 3.70. The van der Waals surface area contributed by atoms with Crippen molar-refractivity contribution in [3.05, 3.63) is 31.8 Å². The van der Waals surface area contributed by atoms with Crippen molar-refractivity contribution in [1.29, 1.82) is 0 Å². The minimum atomic E-state index is -0.631.